The van der Waals surface area contributed by atoms with Gasteiger partial charge in [0.25, 0.3) is 0 Å². The van der Waals surface area contributed by atoms with Crippen LogP contribution in [-0.2, 0) is 28.9 Å². The Morgan fingerprint density at radius 1 is 0.526 bits per heavy atom. The second-order valence-electron chi connectivity index (χ2n) is 22.4. The Kier molecular flexibility index (Phi) is 50.1. The first-order valence-electron chi connectivity index (χ1n) is 31.9. The highest BCUT2D eigenvalue weighted by atomic mass is 32.3. The van der Waals surface area contributed by atoms with Crippen LogP contribution < -0.4 is 5.32 Å². The third-order valence-corrected chi connectivity index (χ3v) is 15.6. The molecule has 7 unspecified atom stereocenters. The zero-order valence-corrected chi connectivity index (χ0v) is 49.6. The molecule has 6 N–H and O–H groups in total. The molecule has 0 bridgehead atoms. The first-order chi connectivity index (χ1) is 37.0. The molecule has 448 valence electrons. The van der Waals surface area contributed by atoms with Gasteiger partial charge >= 0.3 is 10.4 Å². The van der Waals surface area contributed by atoms with Crippen molar-refractivity contribution in [2.45, 2.75) is 346 Å². The molecule has 0 aliphatic carbocycles. The minimum atomic E-state index is -5.09. The number of hydrogen-bond acceptors (Lipinski definition) is 10. The fourth-order valence-electron chi connectivity index (χ4n) is 10.3. The fraction of sp³-hybridized carbons (Fsp3) is 0.889. The molecule has 0 radical (unpaired) electrons. The zero-order valence-electron chi connectivity index (χ0n) is 48.8. The largest absolute Gasteiger partial charge is 0.397 e. The van der Waals surface area contributed by atoms with Gasteiger partial charge in [-0.2, -0.15) is 8.42 Å². The van der Waals surface area contributed by atoms with Crippen LogP contribution in [0.3, 0.4) is 0 Å². The molecule has 1 fully saturated rings. The maximum atomic E-state index is 13.1. The van der Waals surface area contributed by atoms with Gasteiger partial charge in [-0.1, -0.05) is 281 Å². The molecule has 1 saturated heterocycles. The van der Waals surface area contributed by atoms with Crippen molar-refractivity contribution < 1.29 is 51.8 Å². The number of ether oxygens (including phenoxy) is 2. The highest BCUT2D eigenvalue weighted by Crippen LogP contribution is 2.26. The third-order valence-electron chi connectivity index (χ3n) is 15.2. The van der Waals surface area contributed by atoms with Gasteiger partial charge in [0.15, 0.2) is 6.29 Å². The van der Waals surface area contributed by atoms with Crippen molar-refractivity contribution >= 4 is 16.3 Å². The number of carbonyl (C=O) groups is 1. The molecule has 0 saturated carbocycles. The Morgan fingerprint density at radius 2 is 0.882 bits per heavy atom. The number of aliphatic hydroxyl groups excluding tert-OH is 4. The van der Waals surface area contributed by atoms with Gasteiger partial charge in [0.1, 0.15) is 24.4 Å². The standard InChI is InChI=1S/C63H119NO11S/c1-3-5-7-9-11-13-15-17-19-20-21-22-23-24-25-26-27-28-29-30-31-32-33-34-35-36-37-38-39-41-43-45-47-49-51-53-59(67)64-56(55-73-63-61(69)62(75-76(70,71)72)60(68)58(54-65)74-63)57(66)52-50-48-46-44-42-40-18-16-14-12-10-8-6-4-2/h23-24,26-27,50,52,56-58,60-63,65-66,68-69H,3-22,25,28-49,51,53-55H2,1-2H3,(H,64,67)(H,70,71,72)/b24-23-,27-26-,52-50+. The predicted molar refractivity (Wildman–Crippen MR) is 315 cm³/mol. The highest BCUT2D eigenvalue weighted by molar-refractivity contribution is 7.80. The lowest BCUT2D eigenvalue weighted by molar-refractivity contribution is -0.298. The summed E-state index contributed by atoms with van der Waals surface area (Å²) in [5.41, 5.74) is 0. The van der Waals surface area contributed by atoms with Gasteiger partial charge in [0, 0.05) is 6.42 Å². The van der Waals surface area contributed by atoms with Crippen LogP contribution in [0.4, 0.5) is 0 Å². The number of rotatable bonds is 56. The first-order valence-corrected chi connectivity index (χ1v) is 33.2. The summed E-state index contributed by atoms with van der Waals surface area (Å²) in [6.45, 7) is 3.42. The molecule has 0 aromatic carbocycles. The van der Waals surface area contributed by atoms with Crippen LogP contribution in [0.5, 0.6) is 0 Å². The van der Waals surface area contributed by atoms with Gasteiger partial charge in [0.2, 0.25) is 5.91 Å². The van der Waals surface area contributed by atoms with Crippen molar-refractivity contribution in [3.63, 3.8) is 0 Å². The van der Waals surface area contributed by atoms with E-state index >= 15 is 0 Å². The number of nitrogens with one attached hydrogen (secondary N) is 1. The van der Waals surface area contributed by atoms with E-state index in [2.05, 4.69) is 47.7 Å². The smallest absolute Gasteiger partial charge is 0.394 e. The molecule has 0 aromatic rings. The van der Waals surface area contributed by atoms with E-state index in [0.29, 0.717) is 6.42 Å². The van der Waals surface area contributed by atoms with Crippen LogP contribution in [0, 0.1) is 0 Å². The minimum Gasteiger partial charge on any atom is -0.394 e. The molecule has 1 aliphatic rings. The van der Waals surface area contributed by atoms with Crippen molar-refractivity contribution in [2.24, 2.45) is 0 Å². The van der Waals surface area contributed by atoms with Crippen LogP contribution in [0.25, 0.3) is 0 Å². The summed E-state index contributed by atoms with van der Waals surface area (Å²) in [5, 5.41) is 45.0. The van der Waals surface area contributed by atoms with E-state index < -0.39 is 59.9 Å². The molecule has 1 amide bonds. The minimum absolute atomic E-state index is 0.259. The van der Waals surface area contributed by atoms with Gasteiger partial charge in [-0.3, -0.25) is 9.35 Å². The normalized spacial score (nSPS) is 19.2. The molecule has 1 rings (SSSR count). The molecule has 0 aromatic heterocycles. The molecule has 12 nitrogen and oxygen atoms in total. The average molecular weight is 1100 g/mol. The average Bonchev–Trinajstić information content (AvgIpc) is 3.40. The van der Waals surface area contributed by atoms with Gasteiger partial charge in [0.05, 0.1) is 25.4 Å². The molecule has 0 spiro atoms. The summed E-state index contributed by atoms with van der Waals surface area (Å²) < 4.78 is 47.8. The Morgan fingerprint density at radius 3 is 1.25 bits per heavy atom. The Balaban J connectivity index is 2.20. The number of amides is 1. The van der Waals surface area contributed by atoms with Gasteiger partial charge in [-0.15, -0.1) is 0 Å². The van der Waals surface area contributed by atoms with E-state index in [1.807, 2.05) is 6.08 Å². The fourth-order valence-corrected chi connectivity index (χ4v) is 10.8. The molecular formula is C63H119NO11S. The molecule has 1 heterocycles. The number of allylic oxidation sites excluding steroid dienone is 5. The summed E-state index contributed by atoms with van der Waals surface area (Å²) in [7, 11) is -5.09. The Labute approximate surface area is 466 Å². The van der Waals surface area contributed by atoms with Crippen molar-refractivity contribution in [3.8, 4) is 0 Å². The Hall–Kier alpha value is -1.68. The monoisotopic (exact) mass is 1100 g/mol. The van der Waals surface area contributed by atoms with E-state index in [1.54, 1.807) is 6.08 Å². The second kappa shape index (κ2) is 52.7. The van der Waals surface area contributed by atoms with Crippen LogP contribution in [0.15, 0.2) is 36.5 Å². The van der Waals surface area contributed by atoms with Crippen molar-refractivity contribution in [3.05, 3.63) is 36.5 Å². The lowest BCUT2D eigenvalue weighted by atomic mass is 9.99. The van der Waals surface area contributed by atoms with Crippen LogP contribution in [0.1, 0.15) is 303 Å². The molecule has 76 heavy (non-hydrogen) atoms. The van der Waals surface area contributed by atoms with Gasteiger partial charge < -0.3 is 35.2 Å². The summed E-state index contributed by atoms with van der Waals surface area (Å²) in [4.78, 5) is 13.1. The van der Waals surface area contributed by atoms with E-state index in [1.165, 1.54) is 231 Å². The number of aliphatic hydroxyl groups is 4. The van der Waals surface area contributed by atoms with Crippen LogP contribution in [0.2, 0.25) is 0 Å². The zero-order chi connectivity index (χ0) is 55.4. The third kappa shape index (κ3) is 44.1. The molecule has 7 atom stereocenters. The van der Waals surface area contributed by atoms with Crippen molar-refractivity contribution in [1.29, 1.82) is 0 Å². The van der Waals surface area contributed by atoms with E-state index in [-0.39, 0.29) is 18.9 Å². The lowest BCUT2D eigenvalue weighted by Gasteiger charge is -2.41. The maximum absolute atomic E-state index is 13.1. The maximum Gasteiger partial charge on any atom is 0.397 e. The van der Waals surface area contributed by atoms with Crippen molar-refractivity contribution in [2.75, 3.05) is 13.2 Å². The second-order valence-corrected chi connectivity index (χ2v) is 23.4. The van der Waals surface area contributed by atoms with Crippen LogP contribution in [-0.4, -0.2) is 95.4 Å². The SMILES string of the molecule is CCCCCCCCCCCCC/C=C\C/C=C\CCCCCCCCCCCCCCCCCCCC(=O)NC(COC1OC(CO)C(O)C(OS(=O)(=O)O)C1O)C(O)/C=C/CCCCCCCCCCCCCC. The Bertz CT molecular complexity index is 1480. The predicted octanol–water partition coefficient (Wildman–Crippen LogP) is 15.7. The summed E-state index contributed by atoms with van der Waals surface area (Å²) in [6, 6.07) is -0.943. The van der Waals surface area contributed by atoms with E-state index in [4.69, 9.17) is 9.47 Å². The first kappa shape index (κ1) is 72.3. The number of hydrogen-bond donors (Lipinski definition) is 6. The van der Waals surface area contributed by atoms with Crippen molar-refractivity contribution in [1.82, 2.24) is 5.32 Å². The summed E-state index contributed by atoms with van der Waals surface area (Å²) in [6.07, 6.45) is 59.4. The number of carbonyl (C=O) groups excluding carboxylic acids is 1. The topological polar surface area (TPSA) is 192 Å². The summed E-state index contributed by atoms with van der Waals surface area (Å²) >= 11 is 0. The molecular weight excluding hydrogens is 979 g/mol. The van der Waals surface area contributed by atoms with Gasteiger partial charge in [-0.05, 0) is 51.4 Å². The van der Waals surface area contributed by atoms with Crippen LogP contribution >= 0.6 is 0 Å². The van der Waals surface area contributed by atoms with E-state index in [0.717, 1.165) is 44.9 Å². The molecule has 1 aliphatic heterocycles. The quantitative estimate of drug-likeness (QED) is 0.0193. The lowest BCUT2D eigenvalue weighted by Crippen LogP contribution is -2.61. The highest BCUT2D eigenvalue weighted by Gasteiger charge is 2.48. The molecule has 13 heteroatoms. The summed E-state index contributed by atoms with van der Waals surface area (Å²) in [5.74, 6) is -0.259. The van der Waals surface area contributed by atoms with Gasteiger partial charge in [-0.25, -0.2) is 4.18 Å². The van der Waals surface area contributed by atoms with E-state index in [9.17, 15) is 38.2 Å². The number of unbranched alkanes of at least 4 members (excludes halogenated alkanes) is 40.